The summed E-state index contributed by atoms with van der Waals surface area (Å²) in [5.41, 5.74) is 6.70. The summed E-state index contributed by atoms with van der Waals surface area (Å²) in [7, 11) is 0. The largest absolute Gasteiger partial charge is 0.355 e. The third kappa shape index (κ3) is 2.54. The summed E-state index contributed by atoms with van der Waals surface area (Å²) < 4.78 is 0. The van der Waals surface area contributed by atoms with Gasteiger partial charge in [-0.25, -0.2) is 0 Å². The Morgan fingerprint density at radius 1 is 1.53 bits per heavy atom. The molecule has 1 fully saturated rings. The first kappa shape index (κ1) is 13.4. The first-order chi connectivity index (χ1) is 8.98. The number of nitrogens with zero attached hydrogens (tertiary/aromatic N) is 2. The van der Waals surface area contributed by atoms with Gasteiger partial charge in [-0.2, -0.15) is 5.26 Å². The topological polar surface area (TPSA) is 82.2 Å². The average Bonchev–Trinajstić information content (AvgIpc) is 2.37. The zero-order chi connectivity index (χ0) is 14.0. The summed E-state index contributed by atoms with van der Waals surface area (Å²) in [5.74, 6) is -0.0912. The van der Waals surface area contributed by atoms with E-state index in [1.165, 1.54) is 0 Å². The summed E-state index contributed by atoms with van der Waals surface area (Å²) in [6, 6.07) is 9.03. The van der Waals surface area contributed by atoms with E-state index in [0.29, 0.717) is 12.1 Å². The normalized spacial score (nSPS) is 21.7. The highest BCUT2D eigenvalue weighted by Gasteiger charge is 2.38. The van der Waals surface area contributed by atoms with Gasteiger partial charge in [0.15, 0.2) is 0 Å². The lowest BCUT2D eigenvalue weighted by molar-refractivity contribution is -0.125. The fraction of sp³-hybridized carbons (Fsp3) is 0.429. The molecule has 1 unspecified atom stereocenters. The fourth-order valence-electron chi connectivity index (χ4n) is 2.44. The van der Waals surface area contributed by atoms with E-state index in [1.54, 1.807) is 6.07 Å². The summed E-state index contributed by atoms with van der Waals surface area (Å²) in [6.07, 6.45) is 0. The highest BCUT2D eigenvalue weighted by Crippen LogP contribution is 2.26. The number of hydrogen-bond donors (Lipinski definition) is 2. The van der Waals surface area contributed by atoms with Crippen molar-refractivity contribution in [3.63, 3.8) is 0 Å². The van der Waals surface area contributed by atoms with E-state index in [0.717, 1.165) is 5.69 Å². The van der Waals surface area contributed by atoms with Crippen LogP contribution in [-0.2, 0) is 4.79 Å². The van der Waals surface area contributed by atoms with Crippen molar-refractivity contribution in [3.8, 4) is 6.07 Å². The molecule has 1 aliphatic heterocycles. The van der Waals surface area contributed by atoms with Crippen LogP contribution in [0, 0.1) is 11.3 Å². The molecular formula is C14H18N4O. The number of nitrogens with one attached hydrogen (secondary N) is 1. The SMILES string of the molecule is CC1(C)CN(c2ccccc2C#N)C(CN)C(=O)N1. The Balaban J connectivity index is 2.45. The molecular weight excluding hydrogens is 240 g/mol. The van der Waals surface area contributed by atoms with Gasteiger partial charge >= 0.3 is 0 Å². The number of para-hydroxylation sites is 1. The quantitative estimate of drug-likeness (QED) is 0.814. The van der Waals surface area contributed by atoms with Crippen LogP contribution in [0.3, 0.4) is 0 Å². The van der Waals surface area contributed by atoms with Gasteiger partial charge in [0.05, 0.1) is 16.8 Å². The van der Waals surface area contributed by atoms with Crippen LogP contribution in [0.25, 0.3) is 0 Å². The third-order valence-corrected chi connectivity index (χ3v) is 3.26. The number of anilines is 1. The maximum atomic E-state index is 12.1. The molecule has 0 saturated carbocycles. The van der Waals surface area contributed by atoms with Crippen molar-refractivity contribution < 1.29 is 4.79 Å². The average molecular weight is 258 g/mol. The predicted molar refractivity (Wildman–Crippen MR) is 73.6 cm³/mol. The standard InChI is InChI=1S/C14H18N4O/c1-14(2)9-18(12(8-16)13(19)17-14)11-6-4-3-5-10(11)7-15/h3-6,12H,8-9,16H2,1-2H3,(H,17,19). The van der Waals surface area contributed by atoms with Crippen LogP contribution >= 0.6 is 0 Å². The molecule has 1 amide bonds. The van der Waals surface area contributed by atoms with Gasteiger partial charge in [0.2, 0.25) is 5.91 Å². The smallest absolute Gasteiger partial charge is 0.244 e. The van der Waals surface area contributed by atoms with Crippen LogP contribution in [0.4, 0.5) is 5.69 Å². The van der Waals surface area contributed by atoms with Crippen LogP contribution in [0.5, 0.6) is 0 Å². The monoisotopic (exact) mass is 258 g/mol. The highest BCUT2D eigenvalue weighted by molar-refractivity contribution is 5.88. The second-order valence-corrected chi connectivity index (χ2v) is 5.38. The number of hydrogen-bond acceptors (Lipinski definition) is 4. The Bertz CT molecular complexity index is 532. The maximum Gasteiger partial charge on any atom is 0.244 e. The molecule has 1 aromatic carbocycles. The molecule has 1 atom stereocenters. The summed E-state index contributed by atoms with van der Waals surface area (Å²) >= 11 is 0. The molecule has 0 spiro atoms. The molecule has 0 aliphatic carbocycles. The Kier molecular flexibility index (Phi) is 3.45. The third-order valence-electron chi connectivity index (χ3n) is 3.26. The lowest BCUT2D eigenvalue weighted by Gasteiger charge is -2.44. The summed E-state index contributed by atoms with van der Waals surface area (Å²) in [6.45, 7) is 4.76. The zero-order valence-electron chi connectivity index (χ0n) is 11.2. The van der Waals surface area contributed by atoms with E-state index in [9.17, 15) is 10.1 Å². The summed E-state index contributed by atoms with van der Waals surface area (Å²) in [4.78, 5) is 14.0. The van der Waals surface area contributed by atoms with Gasteiger partial charge in [0.1, 0.15) is 12.1 Å². The summed E-state index contributed by atoms with van der Waals surface area (Å²) in [5, 5.41) is 12.1. The number of amides is 1. The van der Waals surface area contributed by atoms with E-state index >= 15 is 0 Å². The van der Waals surface area contributed by atoms with Gasteiger partial charge in [0.25, 0.3) is 0 Å². The van der Waals surface area contributed by atoms with Crippen LogP contribution in [-0.4, -0.2) is 30.6 Å². The van der Waals surface area contributed by atoms with Crippen molar-refractivity contribution in [1.82, 2.24) is 5.32 Å². The number of rotatable bonds is 2. The molecule has 5 heteroatoms. The highest BCUT2D eigenvalue weighted by atomic mass is 16.2. The Labute approximate surface area is 113 Å². The number of piperazine rings is 1. The van der Waals surface area contributed by atoms with Crippen molar-refractivity contribution in [1.29, 1.82) is 5.26 Å². The zero-order valence-corrected chi connectivity index (χ0v) is 11.2. The molecule has 2 rings (SSSR count). The Hall–Kier alpha value is -2.06. The van der Waals surface area contributed by atoms with E-state index in [2.05, 4.69) is 11.4 Å². The molecule has 19 heavy (non-hydrogen) atoms. The molecule has 0 bridgehead atoms. The van der Waals surface area contributed by atoms with Crippen LogP contribution in [0.2, 0.25) is 0 Å². The molecule has 5 nitrogen and oxygen atoms in total. The minimum absolute atomic E-state index is 0.0912. The lowest BCUT2D eigenvalue weighted by atomic mass is 9.96. The van der Waals surface area contributed by atoms with Crippen molar-refractivity contribution in [2.75, 3.05) is 18.0 Å². The van der Waals surface area contributed by atoms with E-state index in [4.69, 9.17) is 5.73 Å². The maximum absolute atomic E-state index is 12.1. The first-order valence-corrected chi connectivity index (χ1v) is 6.26. The van der Waals surface area contributed by atoms with E-state index < -0.39 is 6.04 Å². The van der Waals surface area contributed by atoms with Gasteiger partial charge in [-0.1, -0.05) is 12.1 Å². The van der Waals surface area contributed by atoms with Crippen molar-refractivity contribution in [2.24, 2.45) is 5.73 Å². The molecule has 0 aromatic heterocycles. The predicted octanol–water partition coefficient (Wildman–Crippen LogP) is 0.600. The molecule has 0 radical (unpaired) electrons. The number of carbonyl (C=O) groups excluding carboxylic acids is 1. The van der Waals surface area contributed by atoms with Crippen molar-refractivity contribution >= 4 is 11.6 Å². The fourth-order valence-corrected chi connectivity index (χ4v) is 2.44. The number of carbonyl (C=O) groups is 1. The Morgan fingerprint density at radius 3 is 2.84 bits per heavy atom. The molecule has 100 valence electrons. The van der Waals surface area contributed by atoms with Gasteiger partial charge in [-0.3, -0.25) is 4.79 Å². The second kappa shape index (κ2) is 4.90. The molecule has 3 N–H and O–H groups in total. The molecule has 1 aliphatic rings. The van der Waals surface area contributed by atoms with Crippen LogP contribution < -0.4 is 16.0 Å². The Morgan fingerprint density at radius 2 is 2.21 bits per heavy atom. The van der Waals surface area contributed by atoms with Gasteiger partial charge in [0, 0.05) is 13.1 Å². The molecule has 1 heterocycles. The molecule has 1 aromatic rings. The minimum Gasteiger partial charge on any atom is -0.355 e. The van der Waals surface area contributed by atoms with Crippen molar-refractivity contribution in [3.05, 3.63) is 29.8 Å². The lowest BCUT2D eigenvalue weighted by Crippen LogP contribution is -2.66. The van der Waals surface area contributed by atoms with Gasteiger partial charge in [-0.05, 0) is 26.0 Å². The van der Waals surface area contributed by atoms with Gasteiger partial charge < -0.3 is 16.0 Å². The van der Waals surface area contributed by atoms with E-state index in [1.807, 2.05) is 36.9 Å². The number of benzene rings is 1. The first-order valence-electron chi connectivity index (χ1n) is 6.26. The van der Waals surface area contributed by atoms with Crippen molar-refractivity contribution in [2.45, 2.75) is 25.4 Å². The van der Waals surface area contributed by atoms with Crippen LogP contribution in [0.1, 0.15) is 19.4 Å². The molecule has 1 saturated heterocycles. The minimum atomic E-state index is -0.428. The van der Waals surface area contributed by atoms with Crippen LogP contribution in [0.15, 0.2) is 24.3 Å². The van der Waals surface area contributed by atoms with E-state index in [-0.39, 0.29) is 18.0 Å². The van der Waals surface area contributed by atoms with Gasteiger partial charge in [-0.15, -0.1) is 0 Å². The number of nitrogens with two attached hydrogens (primary N) is 1. The second-order valence-electron chi connectivity index (χ2n) is 5.38. The number of nitriles is 1.